The molecular formula is C13H13F3N2O2. The maximum absolute atomic E-state index is 13.0. The molecule has 1 aliphatic rings. The number of rotatable bonds is 1. The molecule has 1 unspecified atom stereocenters. The topological polar surface area (TPSA) is 49.4 Å². The highest BCUT2D eigenvalue weighted by Crippen LogP contribution is 2.36. The predicted octanol–water partition coefficient (Wildman–Crippen LogP) is 1.95. The molecule has 0 aliphatic carbocycles. The monoisotopic (exact) mass is 286 g/mol. The van der Waals surface area contributed by atoms with Crippen LogP contribution in [-0.2, 0) is 15.8 Å². The number of para-hydroxylation sites is 1. The molecule has 0 bridgehead atoms. The van der Waals surface area contributed by atoms with Gasteiger partial charge in [0.1, 0.15) is 6.04 Å². The fourth-order valence-electron chi connectivity index (χ4n) is 2.12. The Morgan fingerprint density at radius 1 is 1.25 bits per heavy atom. The van der Waals surface area contributed by atoms with Gasteiger partial charge < -0.3 is 10.2 Å². The summed E-state index contributed by atoms with van der Waals surface area (Å²) in [6.07, 6.45) is -4.58. The summed E-state index contributed by atoms with van der Waals surface area (Å²) in [4.78, 5) is 24.5. The SMILES string of the molecule is CC1NC(=O)CCN(c2ccccc2C(F)(F)F)C1=O. The van der Waals surface area contributed by atoms with Gasteiger partial charge in [0.25, 0.3) is 0 Å². The van der Waals surface area contributed by atoms with Gasteiger partial charge in [-0.05, 0) is 19.1 Å². The van der Waals surface area contributed by atoms with Crippen molar-refractivity contribution in [2.45, 2.75) is 25.6 Å². The Hall–Kier alpha value is -2.05. The summed E-state index contributed by atoms with van der Waals surface area (Å²) < 4.78 is 39.0. The van der Waals surface area contributed by atoms with Crippen LogP contribution in [-0.4, -0.2) is 24.4 Å². The molecule has 2 amide bonds. The Morgan fingerprint density at radius 2 is 1.90 bits per heavy atom. The Labute approximate surface area is 113 Å². The summed E-state index contributed by atoms with van der Waals surface area (Å²) in [6, 6.07) is 4.02. The first-order chi connectivity index (χ1) is 9.30. The quantitative estimate of drug-likeness (QED) is 0.857. The van der Waals surface area contributed by atoms with E-state index < -0.39 is 23.7 Å². The normalized spacial score (nSPS) is 20.6. The van der Waals surface area contributed by atoms with E-state index in [1.807, 2.05) is 0 Å². The van der Waals surface area contributed by atoms with Crippen molar-refractivity contribution in [3.63, 3.8) is 0 Å². The van der Waals surface area contributed by atoms with Gasteiger partial charge in [0.2, 0.25) is 11.8 Å². The van der Waals surface area contributed by atoms with Crippen LogP contribution in [0.5, 0.6) is 0 Å². The Morgan fingerprint density at radius 3 is 2.55 bits per heavy atom. The first kappa shape index (κ1) is 14.4. The molecule has 1 aromatic rings. The highest BCUT2D eigenvalue weighted by Gasteiger charge is 2.37. The zero-order chi connectivity index (χ0) is 14.9. The maximum Gasteiger partial charge on any atom is 0.418 e. The van der Waals surface area contributed by atoms with E-state index in [1.165, 1.54) is 25.1 Å². The second-order valence-electron chi connectivity index (χ2n) is 4.54. The maximum atomic E-state index is 13.0. The van der Waals surface area contributed by atoms with Crippen molar-refractivity contribution in [3.05, 3.63) is 29.8 Å². The summed E-state index contributed by atoms with van der Waals surface area (Å²) in [6.45, 7) is 1.39. The number of carbonyl (C=O) groups is 2. The molecular weight excluding hydrogens is 273 g/mol. The van der Waals surface area contributed by atoms with Gasteiger partial charge in [-0.15, -0.1) is 0 Å². The fraction of sp³-hybridized carbons (Fsp3) is 0.385. The number of halogens is 3. The summed E-state index contributed by atoms with van der Waals surface area (Å²) >= 11 is 0. The molecule has 1 atom stereocenters. The second-order valence-corrected chi connectivity index (χ2v) is 4.54. The van der Waals surface area contributed by atoms with Crippen LogP contribution in [0.15, 0.2) is 24.3 Å². The van der Waals surface area contributed by atoms with Crippen LogP contribution in [0.4, 0.5) is 18.9 Å². The van der Waals surface area contributed by atoms with Gasteiger partial charge >= 0.3 is 6.18 Å². The fourth-order valence-corrected chi connectivity index (χ4v) is 2.12. The molecule has 20 heavy (non-hydrogen) atoms. The van der Waals surface area contributed by atoms with Crippen molar-refractivity contribution in [2.75, 3.05) is 11.4 Å². The standard InChI is InChI=1S/C13H13F3N2O2/c1-8-12(20)18(7-6-11(19)17-8)10-5-3-2-4-9(10)13(14,15)16/h2-5,8H,6-7H2,1H3,(H,17,19). The molecule has 2 rings (SSSR count). The van der Waals surface area contributed by atoms with E-state index in [2.05, 4.69) is 5.32 Å². The molecule has 1 fully saturated rings. The van der Waals surface area contributed by atoms with Crippen molar-refractivity contribution in [2.24, 2.45) is 0 Å². The third kappa shape index (κ3) is 2.76. The average Bonchev–Trinajstić information content (AvgIpc) is 2.49. The van der Waals surface area contributed by atoms with Crippen molar-refractivity contribution in [1.82, 2.24) is 5.32 Å². The van der Waals surface area contributed by atoms with Gasteiger partial charge in [-0.25, -0.2) is 0 Å². The summed E-state index contributed by atoms with van der Waals surface area (Å²) in [5.41, 5.74) is -1.09. The van der Waals surface area contributed by atoms with Gasteiger partial charge in [0.15, 0.2) is 0 Å². The molecule has 1 aliphatic heterocycles. The van der Waals surface area contributed by atoms with E-state index in [-0.39, 0.29) is 24.6 Å². The molecule has 0 spiro atoms. The third-order valence-corrected chi connectivity index (χ3v) is 3.08. The molecule has 1 heterocycles. The smallest absolute Gasteiger partial charge is 0.345 e. The van der Waals surface area contributed by atoms with Gasteiger partial charge in [-0.2, -0.15) is 13.2 Å². The van der Waals surface area contributed by atoms with E-state index in [4.69, 9.17) is 0 Å². The summed E-state index contributed by atoms with van der Waals surface area (Å²) in [5.74, 6) is -0.898. The largest absolute Gasteiger partial charge is 0.418 e. The number of nitrogens with zero attached hydrogens (tertiary/aromatic N) is 1. The van der Waals surface area contributed by atoms with Crippen LogP contribution in [0.3, 0.4) is 0 Å². The van der Waals surface area contributed by atoms with E-state index in [0.717, 1.165) is 11.0 Å². The van der Waals surface area contributed by atoms with Crippen molar-refractivity contribution in [3.8, 4) is 0 Å². The number of benzene rings is 1. The zero-order valence-corrected chi connectivity index (χ0v) is 10.7. The summed E-state index contributed by atoms with van der Waals surface area (Å²) in [7, 11) is 0. The molecule has 7 heteroatoms. The molecule has 1 aromatic carbocycles. The third-order valence-electron chi connectivity index (χ3n) is 3.08. The summed E-state index contributed by atoms with van der Waals surface area (Å²) in [5, 5.41) is 2.44. The lowest BCUT2D eigenvalue weighted by Gasteiger charge is -2.25. The van der Waals surface area contributed by atoms with Crippen molar-refractivity contribution >= 4 is 17.5 Å². The molecule has 0 saturated carbocycles. The number of nitrogens with one attached hydrogen (secondary N) is 1. The first-order valence-electron chi connectivity index (χ1n) is 6.07. The number of anilines is 1. The van der Waals surface area contributed by atoms with Gasteiger partial charge in [-0.1, -0.05) is 12.1 Å². The number of carbonyl (C=O) groups excluding carboxylic acids is 2. The number of hydrogen-bond acceptors (Lipinski definition) is 2. The van der Waals surface area contributed by atoms with Crippen molar-refractivity contribution in [1.29, 1.82) is 0 Å². The Balaban J connectivity index is 2.45. The highest BCUT2D eigenvalue weighted by molar-refractivity contribution is 6.01. The molecule has 108 valence electrons. The van der Waals surface area contributed by atoms with Gasteiger partial charge in [0.05, 0.1) is 11.3 Å². The molecule has 0 radical (unpaired) electrons. The number of alkyl halides is 3. The minimum atomic E-state index is -4.55. The lowest BCUT2D eigenvalue weighted by molar-refractivity contribution is -0.137. The van der Waals surface area contributed by atoms with Crippen LogP contribution in [0.2, 0.25) is 0 Å². The molecule has 1 saturated heterocycles. The zero-order valence-electron chi connectivity index (χ0n) is 10.7. The van der Waals surface area contributed by atoms with E-state index in [9.17, 15) is 22.8 Å². The van der Waals surface area contributed by atoms with E-state index in [0.29, 0.717) is 0 Å². The minimum Gasteiger partial charge on any atom is -0.345 e. The van der Waals surface area contributed by atoms with Gasteiger partial charge in [0, 0.05) is 13.0 Å². The lowest BCUT2D eigenvalue weighted by Crippen LogP contribution is -2.43. The predicted molar refractivity (Wildman–Crippen MR) is 66.0 cm³/mol. The van der Waals surface area contributed by atoms with Crippen LogP contribution in [0.1, 0.15) is 18.9 Å². The van der Waals surface area contributed by atoms with Crippen LogP contribution in [0, 0.1) is 0 Å². The van der Waals surface area contributed by atoms with Crippen molar-refractivity contribution < 1.29 is 22.8 Å². The molecule has 4 nitrogen and oxygen atoms in total. The van der Waals surface area contributed by atoms with Crippen LogP contribution < -0.4 is 10.2 Å². The first-order valence-corrected chi connectivity index (χ1v) is 6.07. The Bertz CT molecular complexity index is 543. The van der Waals surface area contributed by atoms with E-state index >= 15 is 0 Å². The second kappa shape index (κ2) is 5.15. The van der Waals surface area contributed by atoms with Gasteiger partial charge in [-0.3, -0.25) is 9.59 Å². The molecule has 0 aromatic heterocycles. The minimum absolute atomic E-state index is 0.0255. The highest BCUT2D eigenvalue weighted by atomic mass is 19.4. The lowest BCUT2D eigenvalue weighted by atomic mass is 10.1. The van der Waals surface area contributed by atoms with E-state index in [1.54, 1.807) is 0 Å². The molecule has 1 N–H and O–H groups in total. The Kier molecular flexibility index (Phi) is 3.69. The van der Waals surface area contributed by atoms with Crippen LogP contribution in [0.25, 0.3) is 0 Å². The number of hydrogen-bond donors (Lipinski definition) is 1. The number of amides is 2. The van der Waals surface area contributed by atoms with Crippen LogP contribution >= 0.6 is 0 Å². The average molecular weight is 286 g/mol.